The van der Waals surface area contributed by atoms with Gasteiger partial charge in [0.05, 0.1) is 6.10 Å². The number of carbonyl (C=O) groups is 1. The fourth-order valence-corrected chi connectivity index (χ4v) is 1.69. The lowest BCUT2D eigenvalue weighted by molar-refractivity contribution is -0.138. The molecule has 0 amide bonds. The topological polar surface area (TPSA) is 57.5 Å². The minimum absolute atomic E-state index is 0.205. The summed E-state index contributed by atoms with van der Waals surface area (Å²) in [7, 11) is 0. The van der Waals surface area contributed by atoms with Crippen molar-refractivity contribution < 1.29 is 15.0 Å². The molecule has 0 radical (unpaired) electrons. The van der Waals surface area contributed by atoms with Crippen molar-refractivity contribution in [2.45, 2.75) is 38.2 Å². The molecule has 0 aromatic heterocycles. The van der Waals surface area contributed by atoms with Crippen LogP contribution >= 0.6 is 0 Å². The Bertz CT molecular complexity index is 144. The van der Waals surface area contributed by atoms with Gasteiger partial charge in [-0.05, 0) is 25.2 Å². The zero-order chi connectivity index (χ0) is 8.27. The molecular formula is C8H14O3. The van der Waals surface area contributed by atoms with E-state index >= 15 is 0 Å². The predicted molar refractivity (Wildman–Crippen MR) is 40.2 cm³/mol. The highest BCUT2D eigenvalue weighted by atomic mass is 16.4. The second-order valence-corrected chi connectivity index (χ2v) is 3.28. The molecule has 1 saturated carbocycles. The minimum atomic E-state index is -0.746. The molecule has 1 fully saturated rings. The molecule has 0 saturated heterocycles. The van der Waals surface area contributed by atoms with E-state index in [0.29, 0.717) is 6.42 Å². The summed E-state index contributed by atoms with van der Waals surface area (Å²) in [5, 5.41) is 17.7. The van der Waals surface area contributed by atoms with Crippen LogP contribution in [0.3, 0.4) is 0 Å². The summed E-state index contributed by atoms with van der Waals surface area (Å²) in [6.07, 6.45) is 3.41. The molecule has 11 heavy (non-hydrogen) atoms. The smallest absolute Gasteiger partial charge is 0.303 e. The second-order valence-electron chi connectivity index (χ2n) is 3.28. The van der Waals surface area contributed by atoms with Gasteiger partial charge in [0.1, 0.15) is 0 Å². The summed E-state index contributed by atoms with van der Waals surface area (Å²) in [6, 6.07) is 0. The van der Waals surface area contributed by atoms with Crippen molar-refractivity contribution in [2.24, 2.45) is 5.92 Å². The van der Waals surface area contributed by atoms with Crippen molar-refractivity contribution in [1.82, 2.24) is 0 Å². The summed E-state index contributed by atoms with van der Waals surface area (Å²) in [6.45, 7) is 0. The van der Waals surface area contributed by atoms with Crippen molar-refractivity contribution in [3.8, 4) is 0 Å². The van der Waals surface area contributed by atoms with Crippen LogP contribution in [0.4, 0.5) is 0 Å². The molecule has 2 atom stereocenters. The van der Waals surface area contributed by atoms with Gasteiger partial charge in [-0.1, -0.05) is 6.42 Å². The number of aliphatic hydroxyl groups is 1. The largest absolute Gasteiger partial charge is 0.481 e. The van der Waals surface area contributed by atoms with E-state index in [9.17, 15) is 9.90 Å². The Morgan fingerprint density at radius 1 is 1.45 bits per heavy atom. The maximum Gasteiger partial charge on any atom is 0.303 e. The van der Waals surface area contributed by atoms with Crippen LogP contribution in [0, 0.1) is 5.92 Å². The van der Waals surface area contributed by atoms with E-state index in [4.69, 9.17) is 5.11 Å². The van der Waals surface area contributed by atoms with Gasteiger partial charge in [-0.3, -0.25) is 4.79 Å². The minimum Gasteiger partial charge on any atom is -0.481 e. The molecule has 1 aliphatic rings. The van der Waals surface area contributed by atoms with E-state index in [1.54, 1.807) is 0 Å². The van der Waals surface area contributed by atoms with Crippen molar-refractivity contribution in [3.63, 3.8) is 0 Å². The number of hydrogen-bond donors (Lipinski definition) is 2. The highest BCUT2D eigenvalue weighted by molar-refractivity contribution is 5.67. The Morgan fingerprint density at radius 2 is 2.18 bits per heavy atom. The second kappa shape index (κ2) is 3.72. The third-order valence-corrected chi connectivity index (χ3v) is 2.22. The molecule has 0 aliphatic heterocycles. The Morgan fingerprint density at radius 3 is 2.73 bits per heavy atom. The number of rotatable bonds is 2. The summed E-state index contributed by atoms with van der Waals surface area (Å²) in [5.74, 6) is -0.541. The van der Waals surface area contributed by atoms with Crippen LogP contribution in [0.2, 0.25) is 0 Å². The van der Waals surface area contributed by atoms with Crippen LogP contribution in [-0.2, 0) is 4.79 Å². The fraction of sp³-hybridized carbons (Fsp3) is 0.875. The van der Waals surface area contributed by atoms with E-state index in [1.807, 2.05) is 0 Å². The van der Waals surface area contributed by atoms with Crippen molar-refractivity contribution in [1.29, 1.82) is 0 Å². The Labute approximate surface area is 66.0 Å². The van der Waals surface area contributed by atoms with Crippen molar-refractivity contribution in [3.05, 3.63) is 0 Å². The lowest BCUT2D eigenvalue weighted by Gasteiger charge is -2.24. The Hall–Kier alpha value is -0.570. The third kappa shape index (κ3) is 2.89. The van der Waals surface area contributed by atoms with Crippen LogP contribution in [0.5, 0.6) is 0 Å². The number of carboxylic acid groups (broad SMARTS) is 1. The highest BCUT2D eigenvalue weighted by Crippen LogP contribution is 2.26. The molecule has 0 heterocycles. The van der Waals surface area contributed by atoms with Gasteiger partial charge < -0.3 is 10.2 Å². The quantitative estimate of drug-likeness (QED) is 0.630. The van der Waals surface area contributed by atoms with Crippen molar-refractivity contribution in [2.75, 3.05) is 0 Å². The summed E-state index contributed by atoms with van der Waals surface area (Å²) in [5.41, 5.74) is 0. The third-order valence-electron chi connectivity index (χ3n) is 2.22. The molecule has 2 N–H and O–H groups in total. The number of carboxylic acids is 1. The summed E-state index contributed by atoms with van der Waals surface area (Å²) < 4.78 is 0. The molecule has 3 nitrogen and oxygen atoms in total. The first-order valence-electron chi connectivity index (χ1n) is 4.08. The number of aliphatic carboxylic acids is 1. The molecule has 0 unspecified atom stereocenters. The normalized spacial score (nSPS) is 31.7. The molecular weight excluding hydrogens is 144 g/mol. The van der Waals surface area contributed by atoms with Gasteiger partial charge in [0.2, 0.25) is 0 Å². The van der Waals surface area contributed by atoms with Gasteiger partial charge in [-0.2, -0.15) is 0 Å². The van der Waals surface area contributed by atoms with Gasteiger partial charge >= 0.3 is 5.97 Å². The van der Waals surface area contributed by atoms with Gasteiger partial charge in [0.15, 0.2) is 0 Å². The van der Waals surface area contributed by atoms with Crippen LogP contribution in [0.15, 0.2) is 0 Å². The van der Waals surface area contributed by atoms with Gasteiger partial charge in [-0.25, -0.2) is 0 Å². The molecule has 64 valence electrons. The highest BCUT2D eigenvalue weighted by Gasteiger charge is 2.21. The first-order valence-corrected chi connectivity index (χ1v) is 4.08. The summed E-state index contributed by atoms with van der Waals surface area (Å²) in [4.78, 5) is 10.3. The van der Waals surface area contributed by atoms with Crippen LogP contribution in [-0.4, -0.2) is 22.3 Å². The average Bonchev–Trinajstić information content (AvgIpc) is 1.85. The molecule has 1 rings (SSSR count). The first kappa shape index (κ1) is 8.53. The molecule has 0 aromatic rings. The predicted octanol–water partition coefficient (Wildman–Crippen LogP) is 1.01. The fourth-order valence-electron chi connectivity index (χ4n) is 1.69. The standard InChI is InChI=1S/C8H14O3/c9-7-3-1-2-6(4-7)5-8(10)11/h6-7,9H,1-5H2,(H,10,11)/t6-,7+/m0/s1. The molecule has 3 heteroatoms. The average molecular weight is 158 g/mol. The maximum absolute atomic E-state index is 10.3. The lowest BCUT2D eigenvalue weighted by atomic mass is 9.85. The zero-order valence-electron chi connectivity index (χ0n) is 6.49. The molecule has 0 spiro atoms. The van der Waals surface area contributed by atoms with Crippen LogP contribution < -0.4 is 0 Å². The molecule has 0 bridgehead atoms. The number of aliphatic hydroxyl groups excluding tert-OH is 1. The van der Waals surface area contributed by atoms with Crippen LogP contribution in [0.25, 0.3) is 0 Å². The molecule has 0 aromatic carbocycles. The summed E-state index contributed by atoms with van der Waals surface area (Å²) >= 11 is 0. The SMILES string of the molecule is O=C(O)C[C@H]1CCC[C@@H](O)C1. The van der Waals surface area contributed by atoms with E-state index in [2.05, 4.69) is 0 Å². The Balaban J connectivity index is 2.28. The monoisotopic (exact) mass is 158 g/mol. The van der Waals surface area contributed by atoms with Gasteiger partial charge in [-0.15, -0.1) is 0 Å². The number of hydrogen-bond acceptors (Lipinski definition) is 2. The first-order chi connectivity index (χ1) is 5.18. The van der Waals surface area contributed by atoms with E-state index in [-0.39, 0.29) is 18.4 Å². The Kier molecular flexibility index (Phi) is 2.88. The maximum atomic E-state index is 10.3. The van der Waals surface area contributed by atoms with Gasteiger partial charge in [0.25, 0.3) is 0 Å². The van der Waals surface area contributed by atoms with Gasteiger partial charge in [0, 0.05) is 6.42 Å². The van der Waals surface area contributed by atoms with E-state index < -0.39 is 5.97 Å². The van der Waals surface area contributed by atoms with E-state index in [1.165, 1.54) is 0 Å². The zero-order valence-corrected chi connectivity index (χ0v) is 6.49. The molecule has 1 aliphatic carbocycles. The van der Waals surface area contributed by atoms with E-state index in [0.717, 1.165) is 19.3 Å². The van der Waals surface area contributed by atoms with Crippen LogP contribution in [0.1, 0.15) is 32.1 Å². The lowest BCUT2D eigenvalue weighted by Crippen LogP contribution is -2.21. The van der Waals surface area contributed by atoms with Crippen molar-refractivity contribution >= 4 is 5.97 Å².